The lowest BCUT2D eigenvalue weighted by Gasteiger charge is -2.27. The second-order valence-corrected chi connectivity index (χ2v) is 6.29. The minimum absolute atomic E-state index is 0.160. The highest BCUT2D eigenvalue weighted by molar-refractivity contribution is 6.04. The number of carbonyl (C=O) groups is 1. The summed E-state index contributed by atoms with van der Waals surface area (Å²) in [5.41, 5.74) is 1.73. The lowest BCUT2D eigenvalue weighted by Crippen LogP contribution is -2.30. The highest BCUT2D eigenvalue weighted by atomic mass is 16.2. The summed E-state index contributed by atoms with van der Waals surface area (Å²) >= 11 is 0. The predicted molar refractivity (Wildman–Crippen MR) is 95.2 cm³/mol. The lowest BCUT2D eigenvalue weighted by molar-refractivity contribution is 0.102. The number of likely N-dealkylation sites (tertiary alicyclic amines) is 1. The van der Waals surface area contributed by atoms with Gasteiger partial charge < -0.3 is 9.88 Å². The van der Waals surface area contributed by atoms with Crippen molar-refractivity contribution in [3.63, 3.8) is 0 Å². The molecular weight excluding hydrogens is 302 g/mol. The number of anilines is 1. The molecule has 1 aliphatic rings. The van der Waals surface area contributed by atoms with E-state index in [1.165, 1.54) is 23.8 Å². The van der Waals surface area contributed by atoms with E-state index in [0.717, 1.165) is 30.9 Å². The third-order valence-corrected chi connectivity index (χ3v) is 4.48. The Bertz CT molecular complexity index is 776. The second kappa shape index (κ2) is 7.45. The zero-order chi connectivity index (χ0) is 16.9. The largest absolute Gasteiger partial charge is 0.322 e. The molecule has 1 amide bonds. The first kappa shape index (κ1) is 16.5. The lowest BCUT2D eigenvalue weighted by atomic mass is 10.1. The number of piperidine rings is 1. The Balaban J connectivity index is 1.78. The van der Waals surface area contributed by atoms with E-state index in [9.17, 15) is 9.59 Å². The number of hydrogen-bond acceptors (Lipinski definition) is 3. The number of aromatic nitrogens is 1. The molecule has 1 aliphatic heterocycles. The molecule has 2 aromatic rings. The zero-order valence-corrected chi connectivity index (χ0v) is 14.0. The van der Waals surface area contributed by atoms with Gasteiger partial charge in [0.15, 0.2) is 0 Å². The molecule has 1 N–H and O–H groups in total. The van der Waals surface area contributed by atoms with E-state index in [0.29, 0.717) is 0 Å². The average molecular weight is 325 g/mol. The van der Waals surface area contributed by atoms with Crippen LogP contribution in [0, 0.1) is 0 Å². The first-order valence-electron chi connectivity index (χ1n) is 8.42. The number of benzene rings is 1. The van der Waals surface area contributed by atoms with Gasteiger partial charge in [0.1, 0.15) is 5.56 Å². The van der Waals surface area contributed by atoms with Crippen molar-refractivity contribution in [3.8, 4) is 0 Å². The van der Waals surface area contributed by atoms with Gasteiger partial charge in [0.2, 0.25) is 0 Å². The number of para-hydroxylation sites is 1. The van der Waals surface area contributed by atoms with E-state index in [4.69, 9.17) is 0 Å². The summed E-state index contributed by atoms with van der Waals surface area (Å²) in [4.78, 5) is 27.0. The molecule has 0 atom stereocenters. The quantitative estimate of drug-likeness (QED) is 0.940. The minimum atomic E-state index is -0.359. The molecule has 0 aliphatic carbocycles. The number of nitrogens with zero attached hydrogens (tertiary/aromatic N) is 2. The van der Waals surface area contributed by atoms with Crippen molar-refractivity contribution < 1.29 is 4.79 Å². The Morgan fingerprint density at radius 3 is 2.62 bits per heavy atom. The molecule has 126 valence electrons. The van der Waals surface area contributed by atoms with E-state index in [2.05, 4.69) is 10.2 Å². The fourth-order valence-electron chi connectivity index (χ4n) is 3.10. The molecule has 0 unspecified atom stereocenters. The molecule has 1 saturated heterocycles. The van der Waals surface area contributed by atoms with Crippen LogP contribution in [0.2, 0.25) is 0 Å². The van der Waals surface area contributed by atoms with Crippen molar-refractivity contribution >= 4 is 11.6 Å². The molecule has 1 aromatic carbocycles. The molecule has 3 rings (SSSR count). The standard InChI is InChI=1S/C19H23N3O2/c1-21-11-7-9-16(19(21)24)18(23)20-17-10-4-3-8-15(17)14-22-12-5-2-6-13-22/h3-4,7-11H,2,5-6,12-14H2,1H3,(H,20,23). The molecule has 5 heteroatoms. The highest BCUT2D eigenvalue weighted by Crippen LogP contribution is 2.20. The Kier molecular flexibility index (Phi) is 5.11. The third kappa shape index (κ3) is 3.74. The fraction of sp³-hybridized carbons (Fsp3) is 0.368. The maximum Gasteiger partial charge on any atom is 0.263 e. The number of amides is 1. The van der Waals surface area contributed by atoms with Gasteiger partial charge in [0, 0.05) is 25.5 Å². The SMILES string of the molecule is Cn1cccc(C(=O)Nc2ccccc2CN2CCCCC2)c1=O. The number of rotatable bonds is 4. The summed E-state index contributed by atoms with van der Waals surface area (Å²) in [6.07, 6.45) is 5.40. The summed E-state index contributed by atoms with van der Waals surface area (Å²) in [7, 11) is 1.64. The van der Waals surface area contributed by atoms with Crippen LogP contribution in [0.25, 0.3) is 0 Å². The van der Waals surface area contributed by atoms with Crippen LogP contribution in [0.3, 0.4) is 0 Å². The molecular formula is C19H23N3O2. The summed E-state index contributed by atoms with van der Waals surface area (Å²) in [5.74, 6) is -0.359. The number of carbonyl (C=O) groups excluding carboxylic acids is 1. The zero-order valence-electron chi connectivity index (χ0n) is 14.0. The van der Waals surface area contributed by atoms with E-state index < -0.39 is 0 Å². The van der Waals surface area contributed by atoms with Gasteiger partial charge in [-0.05, 0) is 49.7 Å². The van der Waals surface area contributed by atoms with Crippen LogP contribution in [0.4, 0.5) is 5.69 Å². The van der Waals surface area contributed by atoms with Crippen LogP contribution in [-0.4, -0.2) is 28.5 Å². The number of hydrogen-bond donors (Lipinski definition) is 1. The molecule has 1 fully saturated rings. The molecule has 24 heavy (non-hydrogen) atoms. The van der Waals surface area contributed by atoms with Crippen LogP contribution in [-0.2, 0) is 13.6 Å². The van der Waals surface area contributed by atoms with Crippen LogP contribution in [0.5, 0.6) is 0 Å². The average Bonchev–Trinajstić information content (AvgIpc) is 2.60. The Morgan fingerprint density at radius 1 is 1.08 bits per heavy atom. The van der Waals surface area contributed by atoms with Crippen LogP contribution in [0.1, 0.15) is 35.2 Å². The molecule has 5 nitrogen and oxygen atoms in total. The van der Waals surface area contributed by atoms with Crippen LogP contribution >= 0.6 is 0 Å². The van der Waals surface area contributed by atoms with Gasteiger partial charge in [-0.3, -0.25) is 14.5 Å². The summed E-state index contributed by atoms with van der Waals surface area (Å²) in [6.45, 7) is 3.02. The number of nitrogens with one attached hydrogen (secondary N) is 1. The topological polar surface area (TPSA) is 54.3 Å². The maximum atomic E-state index is 12.5. The summed E-state index contributed by atoms with van der Waals surface area (Å²) in [5, 5.41) is 2.91. The van der Waals surface area contributed by atoms with Gasteiger partial charge in [-0.15, -0.1) is 0 Å². The summed E-state index contributed by atoms with van der Waals surface area (Å²) < 4.78 is 1.41. The Hall–Kier alpha value is -2.40. The van der Waals surface area contributed by atoms with E-state index in [1.807, 2.05) is 24.3 Å². The third-order valence-electron chi connectivity index (χ3n) is 4.48. The monoisotopic (exact) mass is 325 g/mol. The molecule has 0 saturated carbocycles. The van der Waals surface area contributed by atoms with Gasteiger partial charge in [-0.2, -0.15) is 0 Å². The number of aryl methyl sites for hydroxylation is 1. The van der Waals surface area contributed by atoms with Crippen molar-refractivity contribution in [2.45, 2.75) is 25.8 Å². The van der Waals surface area contributed by atoms with Gasteiger partial charge in [-0.1, -0.05) is 24.6 Å². The van der Waals surface area contributed by atoms with Gasteiger partial charge in [-0.25, -0.2) is 0 Å². The minimum Gasteiger partial charge on any atom is -0.322 e. The van der Waals surface area contributed by atoms with E-state index in [-0.39, 0.29) is 17.0 Å². The molecule has 0 bridgehead atoms. The van der Waals surface area contributed by atoms with Gasteiger partial charge >= 0.3 is 0 Å². The van der Waals surface area contributed by atoms with Gasteiger partial charge in [0.05, 0.1) is 0 Å². The van der Waals surface area contributed by atoms with E-state index in [1.54, 1.807) is 25.4 Å². The molecule has 1 aromatic heterocycles. The Labute approximate surface area is 141 Å². The van der Waals surface area contributed by atoms with Crippen molar-refractivity contribution in [2.75, 3.05) is 18.4 Å². The highest BCUT2D eigenvalue weighted by Gasteiger charge is 2.15. The first-order chi connectivity index (χ1) is 11.6. The normalized spacial score (nSPS) is 15.2. The van der Waals surface area contributed by atoms with Crippen molar-refractivity contribution in [3.05, 3.63) is 64.1 Å². The second-order valence-electron chi connectivity index (χ2n) is 6.29. The number of pyridine rings is 1. The molecule has 2 heterocycles. The van der Waals surface area contributed by atoms with E-state index >= 15 is 0 Å². The fourth-order valence-corrected chi connectivity index (χ4v) is 3.10. The maximum absolute atomic E-state index is 12.5. The smallest absolute Gasteiger partial charge is 0.263 e. The van der Waals surface area contributed by atoms with Crippen molar-refractivity contribution in [1.29, 1.82) is 0 Å². The first-order valence-corrected chi connectivity index (χ1v) is 8.42. The predicted octanol–water partition coefficient (Wildman–Crippen LogP) is 2.62. The molecule has 0 radical (unpaired) electrons. The Morgan fingerprint density at radius 2 is 1.83 bits per heavy atom. The van der Waals surface area contributed by atoms with Crippen LogP contribution in [0.15, 0.2) is 47.4 Å². The van der Waals surface area contributed by atoms with Gasteiger partial charge in [0.25, 0.3) is 11.5 Å². The van der Waals surface area contributed by atoms with Crippen molar-refractivity contribution in [1.82, 2.24) is 9.47 Å². The molecule has 0 spiro atoms. The van der Waals surface area contributed by atoms with Crippen LogP contribution < -0.4 is 10.9 Å². The summed E-state index contributed by atoms with van der Waals surface area (Å²) in [6, 6.07) is 11.1. The van der Waals surface area contributed by atoms with Crippen molar-refractivity contribution in [2.24, 2.45) is 7.05 Å².